The van der Waals surface area contributed by atoms with E-state index in [2.05, 4.69) is 110 Å². The highest BCUT2D eigenvalue weighted by molar-refractivity contribution is 8.35. The predicted molar refractivity (Wildman–Crippen MR) is 288 cm³/mol. The molecule has 0 aliphatic heterocycles. The van der Waals surface area contributed by atoms with Crippen LogP contribution in [0.4, 0.5) is 0 Å². The van der Waals surface area contributed by atoms with Crippen LogP contribution in [-0.2, 0) is 19.7 Å². The van der Waals surface area contributed by atoms with Gasteiger partial charge in [-0.15, -0.1) is 0 Å². The van der Waals surface area contributed by atoms with E-state index in [1.807, 2.05) is 146 Å². The van der Waals surface area contributed by atoms with Gasteiger partial charge in [0.2, 0.25) is 0 Å². The maximum Gasteiger partial charge on any atom is 0.177 e. The Morgan fingerprint density at radius 3 is 0.688 bits per heavy atom. The van der Waals surface area contributed by atoms with E-state index >= 15 is 0 Å². The van der Waals surface area contributed by atoms with Crippen LogP contribution in [0.5, 0.6) is 0 Å². The molecule has 8 aromatic rings. The highest BCUT2D eigenvalue weighted by atomic mass is 32.2. The molecule has 8 rings (SSSR count). The Labute approximate surface area is 383 Å². The standard InChI is InChI=1S/C32H28O2P2S.C22H24O2P2S/c1-37(33,34)32(35(27-17-7-2-8-18-27)28-19-9-3-10-20-28)36(29-21-11-4-12-22-29,30-23-13-5-14-24-30)31-25-15-6-16-26-31;1-25(2)22(27(3,23)24)26(19-13-7-4-8-14-19,20-15-9-5-10-16-20)21-17-11-6-12-18-21/h2-26H,1H3;4-18H,1-3H3. The molecule has 0 saturated carbocycles. The molecule has 0 amide bonds. The maximum absolute atomic E-state index is 14.3. The lowest BCUT2D eigenvalue weighted by Crippen LogP contribution is -2.35. The van der Waals surface area contributed by atoms with Crippen LogP contribution in [0, 0.1) is 0 Å². The highest BCUT2D eigenvalue weighted by Gasteiger charge is 2.40. The third-order valence-corrected chi connectivity index (χ3v) is 33.3. The summed E-state index contributed by atoms with van der Waals surface area (Å²) in [6.07, 6.45) is 2.77. The lowest BCUT2D eigenvalue weighted by Gasteiger charge is -2.35. The van der Waals surface area contributed by atoms with Crippen molar-refractivity contribution in [2.45, 2.75) is 0 Å². The molecule has 0 bridgehead atoms. The van der Waals surface area contributed by atoms with Crippen molar-refractivity contribution < 1.29 is 16.8 Å². The fourth-order valence-electron chi connectivity index (χ4n) is 8.44. The van der Waals surface area contributed by atoms with E-state index in [-0.39, 0.29) is 0 Å². The Morgan fingerprint density at radius 1 is 0.312 bits per heavy atom. The van der Waals surface area contributed by atoms with Gasteiger partial charge in [-0.2, -0.15) is 0 Å². The lowest BCUT2D eigenvalue weighted by molar-refractivity contribution is 0.611. The number of sulfone groups is 2. The molecule has 0 fully saturated rings. The topological polar surface area (TPSA) is 68.3 Å². The van der Waals surface area contributed by atoms with Crippen molar-refractivity contribution in [2.75, 3.05) is 25.8 Å². The fourth-order valence-corrected chi connectivity index (χ4v) is 33.8. The third kappa shape index (κ3) is 9.85. The average Bonchev–Trinajstić information content (AvgIpc) is 3.32. The van der Waals surface area contributed by atoms with Gasteiger partial charge in [0.15, 0.2) is 19.7 Å². The average molecular weight is 953 g/mol. The van der Waals surface area contributed by atoms with Crippen molar-refractivity contribution in [3.8, 4) is 0 Å². The van der Waals surface area contributed by atoms with E-state index in [0.29, 0.717) is 8.73 Å². The van der Waals surface area contributed by atoms with Gasteiger partial charge in [0.05, 0.1) is 8.73 Å². The molecule has 0 unspecified atom stereocenters. The second-order valence-electron chi connectivity index (χ2n) is 15.4. The summed E-state index contributed by atoms with van der Waals surface area (Å²) in [6.45, 7) is -1.20. The van der Waals surface area contributed by atoms with Crippen molar-refractivity contribution >= 4 is 100 Å². The van der Waals surface area contributed by atoms with Crippen molar-refractivity contribution in [2.24, 2.45) is 0 Å². The predicted octanol–water partition coefficient (Wildman–Crippen LogP) is 9.10. The summed E-state index contributed by atoms with van der Waals surface area (Å²) in [5, 5.41) is 8.40. The monoisotopic (exact) mass is 952 g/mol. The first-order valence-electron chi connectivity index (χ1n) is 20.8. The first-order chi connectivity index (χ1) is 30.9. The van der Waals surface area contributed by atoms with Crippen molar-refractivity contribution in [1.82, 2.24) is 0 Å². The van der Waals surface area contributed by atoms with Gasteiger partial charge in [-0.1, -0.05) is 251 Å². The first-order valence-corrected chi connectivity index (χ1v) is 31.7. The molecule has 8 aromatic carbocycles. The zero-order valence-electron chi connectivity index (χ0n) is 36.3. The van der Waals surface area contributed by atoms with Gasteiger partial charge in [-0.25, -0.2) is 16.8 Å². The zero-order valence-corrected chi connectivity index (χ0v) is 41.5. The largest absolute Gasteiger partial charge is 0.224 e. The SMILES string of the molecule is CP(C)C(=P(c1ccccc1)(c1ccccc1)c1ccccc1)S(C)(=O)=O.CS(=O)(=O)C(P(c1ccccc1)c1ccccc1)=P(c1ccccc1)(c1ccccc1)c1ccccc1. The molecule has 64 heavy (non-hydrogen) atoms. The summed E-state index contributed by atoms with van der Waals surface area (Å²) < 4.78 is 56.2. The van der Waals surface area contributed by atoms with E-state index in [4.69, 9.17) is 0 Å². The quantitative estimate of drug-likeness (QED) is 0.115. The zero-order chi connectivity index (χ0) is 45.2. The van der Waals surface area contributed by atoms with Gasteiger partial charge in [-0.05, 0) is 69.5 Å². The van der Waals surface area contributed by atoms with Crippen LogP contribution in [0.3, 0.4) is 0 Å². The van der Waals surface area contributed by atoms with Gasteiger partial charge < -0.3 is 0 Å². The van der Waals surface area contributed by atoms with Gasteiger partial charge in [0.1, 0.15) is 0 Å². The van der Waals surface area contributed by atoms with Gasteiger partial charge in [-0.3, -0.25) is 0 Å². The summed E-state index contributed by atoms with van der Waals surface area (Å²) >= 11 is 0. The molecule has 0 spiro atoms. The van der Waals surface area contributed by atoms with E-state index in [1.54, 1.807) is 0 Å². The molecule has 0 saturated heterocycles. The van der Waals surface area contributed by atoms with E-state index < -0.39 is 49.3 Å². The molecular weight excluding hydrogens is 901 g/mol. The minimum absolute atomic E-state index is 0.607. The van der Waals surface area contributed by atoms with Gasteiger partial charge in [0.25, 0.3) is 0 Å². The number of hydrogen-bond acceptors (Lipinski definition) is 4. The first kappa shape index (κ1) is 47.1. The van der Waals surface area contributed by atoms with Crippen LogP contribution in [-0.4, -0.2) is 51.4 Å². The minimum Gasteiger partial charge on any atom is -0.224 e. The van der Waals surface area contributed by atoms with Crippen LogP contribution in [0.25, 0.3) is 0 Å². The second-order valence-corrected chi connectivity index (χ2v) is 32.2. The maximum atomic E-state index is 14.3. The second kappa shape index (κ2) is 21.0. The van der Waals surface area contributed by atoms with Crippen molar-refractivity contribution in [3.05, 3.63) is 243 Å². The summed E-state index contributed by atoms with van der Waals surface area (Å²) in [4.78, 5) is 0. The molecule has 324 valence electrons. The van der Waals surface area contributed by atoms with Crippen molar-refractivity contribution in [3.63, 3.8) is 0 Å². The highest BCUT2D eigenvalue weighted by Crippen LogP contribution is 2.57. The molecule has 0 aromatic heterocycles. The number of hydrogen-bond donors (Lipinski definition) is 0. The molecule has 0 aliphatic rings. The summed E-state index contributed by atoms with van der Waals surface area (Å²) in [5.74, 6) is 0. The Hall–Kier alpha value is -4.88. The van der Waals surface area contributed by atoms with Gasteiger partial charge >= 0.3 is 0 Å². The Morgan fingerprint density at radius 2 is 0.500 bits per heavy atom. The molecule has 10 heteroatoms. The summed E-state index contributed by atoms with van der Waals surface area (Å²) in [5.41, 5.74) is 0. The summed E-state index contributed by atoms with van der Waals surface area (Å²) in [7, 11) is -9.25. The molecule has 0 N–H and O–H groups in total. The van der Waals surface area contributed by atoms with Crippen LogP contribution in [0.1, 0.15) is 0 Å². The van der Waals surface area contributed by atoms with Gasteiger partial charge in [0, 0.05) is 20.4 Å². The molecule has 0 radical (unpaired) electrons. The number of benzene rings is 8. The van der Waals surface area contributed by atoms with E-state index in [0.717, 1.165) is 42.4 Å². The minimum atomic E-state index is -3.67. The molecule has 4 nitrogen and oxygen atoms in total. The summed E-state index contributed by atoms with van der Waals surface area (Å²) in [6, 6.07) is 81.4. The fraction of sp³-hybridized carbons (Fsp3) is 0.0741. The van der Waals surface area contributed by atoms with Crippen molar-refractivity contribution in [1.29, 1.82) is 0 Å². The van der Waals surface area contributed by atoms with Crippen LogP contribution < -0.4 is 42.4 Å². The van der Waals surface area contributed by atoms with E-state index in [1.165, 1.54) is 12.5 Å². The molecule has 0 heterocycles. The third-order valence-electron chi connectivity index (χ3n) is 10.7. The molecule has 0 atom stereocenters. The smallest absolute Gasteiger partial charge is 0.177 e. The molecular formula is C54H52O4P4S2. The van der Waals surface area contributed by atoms with E-state index in [9.17, 15) is 16.8 Å². The van der Waals surface area contributed by atoms with Crippen LogP contribution in [0.15, 0.2) is 243 Å². The lowest BCUT2D eigenvalue weighted by atomic mass is 10.4. The Balaban J connectivity index is 0.000000201. The molecule has 0 aliphatic carbocycles. The van der Waals surface area contributed by atoms with Crippen LogP contribution >= 0.6 is 29.6 Å². The Bertz CT molecular complexity index is 2860. The number of rotatable bonds is 12. The normalized spacial score (nSPS) is 12.0. The Kier molecular flexibility index (Phi) is 15.4. The van der Waals surface area contributed by atoms with Crippen LogP contribution in [0.2, 0.25) is 0 Å².